The van der Waals surface area contributed by atoms with E-state index in [-0.39, 0.29) is 6.61 Å². The summed E-state index contributed by atoms with van der Waals surface area (Å²) in [5.41, 5.74) is 1.31. The van der Waals surface area contributed by atoms with Gasteiger partial charge in [0.1, 0.15) is 0 Å². The van der Waals surface area contributed by atoms with E-state index in [4.69, 9.17) is 5.11 Å². The highest BCUT2D eigenvalue weighted by atomic mass is 32.2. The molecule has 0 aromatic heterocycles. The third-order valence-electron chi connectivity index (χ3n) is 2.66. The Morgan fingerprint density at radius 3 is 2.31 bits per heavy atom. The molecule has 0 aliphatic rings. The minimum atomic E-state index is 0.223. The van der Waals surface area contributed by atoms with Gasteiger partial charge in [0.25, 0.3) is 0 Å². The van der Waals surface area contributed by atoms with Crippen LogP contribution >= 0.6 is 11.8 Å². The molecule has 0 amide bonds. The number of nitrogens with zero attached hydrogens (tertiary/aromatic N) is 1. The zero-order valence-corrected chi connectivity index (χ0v) is 11.1. The van der Waals surface area contributed by atoms with Gasteiger partial charge in [0.2, 0.25) is 0 Å². The molecule has 1 aromatic rings. The van der Waals surface area contributed by atoms with Gasteiger partial charge in [-0.15, -0.1) is 11.8 Å². The molecule has 0 radical (unpaired) electrons. The van der Waals surface area contributed by atoms with Crippen molar-refractivity contribution in [1.82, 2.24) is 4.90 Å². The fourth-order valence-electron chi connectivity index (χ4n) is 1.61. The van der Waals surface area contributed by atoms with Crippen molar-refractivity contribution in [2.24, 2.45) is 0 Å². The molecule has 0 aliphatic heterocycles. The smallest absolute Gasteiger partial charge is 0.0558 e. The lowest BCUT2D eigenvalue weighted by Gasteiger charge is -2.25. The highest BCUT2D eigenvalue weighted by molar-refractivity contribution is 7.98. The van der Waals surface area contributed by atoms with Crippen molar-refractivity contribution in [3.8, 4) is 0 Å². The standard InChI is InChI=1S/C13H21NOS/c1-11(2)14(8-9-15)10-12-4-6-13(16-3)7-5-12/h4-7,11,15H,8-10H2,1-3H3. The molecule has 0 fully saturated rings. The first kappa shape index (κ1) is 13.6. The maximum atomic E-state index is 9.00. The molecule has 1 rings (SSSR count). The Morgan fingerprint density at radius 1 is 1.25 bits per heavy atom. The second kappa shape index (κ2) is 6.94. The van der Waals surface area contributed by atoms with E-state index in [2.05, 4.69) is 49.3 Å². The molecule has 1 aromatic carbocycles. The predicted octanol–water partition coefficient (Wildman–Crippen LogP) is 2.61. The maximum absolute atomic E-state index is 9.00. The van der Waals surface area contributed by atoms with Crippen LogP contribution in [-0.2, 0) is 6.54 Å². The summed E-state index contributed by atoms with van der Waals surface area (Å²) >= 11 is 1.76. The molecule has 0 unspecified atom stereocenters. The van der Waals surface area contributed by atoms with Crippen molar-refractivity contribution in [2.75, 3.05) is 19.4 Å². The Bertz CT molecular complexity index is 297. The van der Waals surface area contributed by atoms with E-state index in [0.717, 1.165) is 13.1 Å². The summed E-state index contributed by atoms with van der Waals surface area (Å²) in [6, 6.07) is 9.10. The van der Waals surface area contributed by atoms with Crippen LogP contribution in [0.1, 0.15) is 19.4 Å². The van der Waals surface area contributed by atoms with Gasteiger partial charge < -0.3 is 5.11 Å². The molecule has 3 heteroatoms. The SMILES string of the molecule is CSc1ccc(CN(CCO)C(C)C)cc1. The summed E-state index contributed by atoms with van der Waals surface area (Å²) < 4.78 is 0. The molecule has 0 bridgehead atoms. The summed E-state index contributed by atoms with van der Waals surface area (Å²) in [5.74, 6) is 0. The van der Waals surface area contributed by atoms with Crippen molar-refractivity contribution in [2.45, 2.75) is 31.3 Å². The zero-order valence-electron chi connectivity index (χ0n) is 10.3. The Balaban J connectivity index is 2.62. The highest BCUT2D eigenvalue weighted by Gasteiger charge is 2.08. The number of thioether (sulfide) groups is 1. The largest absolute Gasteiger partial charge is 0.395 e. The fraction of sp³-hybridized carbons (Fsp3) is 0.538. The van der Waals surface area contributed by atoms with Gasteiger partial charge in [-0.2, -0.15) is 0 Å². The van der Waals surface area contributed by atoms with Crippen LogP contribution in [0.5, 0.6) is 0 Å². The third kappa shape index (κ3) is 4.16. The van der Waals surface area contributed by atoms with E-state index in [1.165, 1.54) is 10.5 Å². The molecule has 1 N–H and O–H groups in total. The lowest BCUT2D eigenvalue weighted by atomic mass is 10.2. The van der Waals surface area contributed by atoms with Crippen LogP contribution in [0.15, 0.2) is 29.2 Å². The molecule has 0 atom stereocenters. The van der Waals surface area contributed by atoms with E-state index < -0.39 is 0 Å². The number of aliphatic hydroxyl groups is 1. The maximum Gasteiger partial charge on any atom is 0.0558 e. The fourth-order valence-corrected chi connectivity index (χ4v) is 2.02. The second-order valence-electron chi connectivity index (χ2n) is 4.14. The number of rotatable bonds is 6. The van der Waals surface area contributed by atoms with E-state index in [1.807, 2.05) is 0 Å². The second-order valence-corrected chi connectivity index (χ2v) is 5.02. The number of benzene rings is 1. The van der Waals surface area contributed by atoms with E-state index in [9.17, 15) is 0 Å². The lowest BCUT2D eigenvalue weighted by molar-refractivity contribution is 0.159. The predicted molar refractivity (Wildman–Crippen MR) is 70.9 cm³/mol. The molecular formula is C13H21NOS. The van der Waals surface area contributed by atoms with Gasteiger partial charge in [0.15, 0.2) is 0 Å². The van der Waals surface area contributed by atoms with E-state index >= 15 is 0 Å². The van der Waals surface area contributed by atoms with Crippen LogP contribution in [0, 0.1) is 0 Å². The zero-order chi connectivity index (χ0) is 12.0. The Labute approximate surface area is 103 Å². The van der Waals surface area contributed by atoms with Crippen LogP contribution in [0.25, 0.3) is 0 Å². The Kier molecular flexibility index (Phi) is 5.88. The lowest BCUT2D eigenvalue weighted by Crippen LogP contribution is -2.32. The van der Waals surface area contributed by atoms with Gasteiger partial charge in [0, 0.05) is 24.0 Å². The summed E-state index contributed by atoms with van der Waals surface area (Å²) in [5, 5.41) is 9.00. The number of hydrogen-bond acceptors (Lipinski definition) is 3. The molecule has 0 saturated heterocycles. The minimum absolute atomic E-state index is 0.223. The average molecular weight is 239 g/mol. The molecule has 2 nitrogen and oxygen atoms in total. The van der Waals surface area contributed by atoms with Gasteiger partial charge in [-0.25, -0.2) is 0 Å². The number of hydrogen-bond donors (Lipinski definition) is 1. The van der Waals surface area contributed by atoms with Crippen molar-refractivity contribution in [1.29, 1.82) is 0 Å². The third-order valence-corrected chi connectivity index (χ3v) is 3.41. The molecule has 0 heterocycles. The van der Waals surface area contributed by atoms with Gasteiger partial charge in [-0.1, -0.05) is 12.1 Å². The molecule has 16 heavy (non-hydrogen) atoms. The highest BCUT2D eigenvalue weighted by Crippen LogP contribution is 2.16. The van der Waals surface area contributed by atoms with Crippen LogP contribution in [0.2, 0.25) is 0 Å². The van der Waals surface area contributed by atoms with E-state index in [0.29, 0.717) is 6.04 Å². The summed E-state index contributed by atoms with van der Waals surface area (Å²) in [4.78, 5) is 3.57. The van der Waals surface area contributed by atoms with Crippen molar-refractivity contribution in [3.05, 3.63) is 29.8 Å². The molecular weight excluding hydrogens is 218 g/mol. The van der Waals surface area contributed by atoms with E-state index in [1.54, 1.807) is 11.8 Å². The Morgan fingerprint density at radius 2 is 1.88 bits per heavy atom. The topological polar surface area (TPSA) is 23.5 Å². The van der Waals surface area contributed by atoms with Crippen molar-refractivity contribution in [3.63, 3.8) is 0 Å². The summed E-state index contributed by atoms with van der Waals surface area (Å²) in [6.07, 6.45) is 2.08. The van der Waals surface area contributed by atoms with Crippen molar-refractivity contribution < 1.29 is 5.11 Å². The molecule has 0 saturated carbocycles. The molecule has 0 spiro atoms. The first-order valence-corrected chi connectivity index (χ1v) is 6.87. The van der Waals surface area contributed by atoms with Crippen molar-refractivity contribution >= 4 is 11.8 Å². The van der Waals surface area contributed by atoms with Crippen LogP contribution < -0.4 is 0 Å². The van der Waals surface area contributed by atoms with Crippen LogP contribution in [0.3, 0.4) is 0 Å². The quantitative estimate of drug-likeness (QED) is 0.772. The summed E-state index contributed by atoms with van der Waals surface area (Å²) in [6.45, 7) is 6.19. The minimum Gasteiger partial charge on any atom is -0.395 e. The monoisotopic (exact) mass is 239 g/mol. The number of aliphatic hydroxyl groups excluding tert-OH is 1. The van der Waals surface area contributed by atoms with Gasteiger partial charge in [0.05, 0.1) is 6.61 Å². The van der Waals surface area contributed by atoms with Gasteiger partial charge in [-0.3, -0.25) is 4.90 Å². The first-order valence-electron chi connectivity index (χ1n) is 5.65. The Hall–Kier alpha value is -0.510. The average Bonchev–Trinajstić information content (AvgIpc) is 2.29. The summed E-state index contributed by atoms with van der Waals surface area (Å²) in [7, 11) is 0. The van der Waals surface area contributed by atoms with Gasteiger partial charge in [-0.05, 0) is 37.8 Å². The van der Waals surface area contributed by atoms with Crippen LogP contribution in [-0.4, -0.2) is 35.5 Å². The molecule has 0 aliphatic carbocycles. The van der Waals surface area contributed by atoms with Gasteiger partial charge >= 0.3 is 0 Å². The molecule has 90 valence electrons. The first-order chi connectivity index (χ1) is 7.67. The normalized spacial score (nSPS) is 11.4. The van der Waals surface area contributed by atoms with Crippen LogP contribution in [0.4, 0.5) is 0 Å².